The molecule has 11 heteroatoms. The maximum atomic E-state index is 13.0. The minimum atomic E-state index is -1.11. The van der Waals surface area contributed by atoms with Crippen LogP contribution in [0.5, 0.6) is 5.75 Å². The quantitative estimate of drug-likeness (QED) is 0.241. The van der Waals surface area contributed by atoms with Crippen molar-refractivity contribution in [3.05, 3.63) is 27.4 Å². The first-order valence-corrected chi connectivity index (χ1v) is 16.4. The number of phenolic OH excluding ortho intramolecular Hbond substituents is 1. The number of piperidine rings is 1. The molecule has 0 radical (unpaired) electrons. The van der Waals surface area contributed by atoms with Crippen LogP contribution in [-0.2, 0) is 9.47 Å². The van der Waals surface area contributed by atoms with Crippen molar-refractivity contribution in [2.45, 2.75) is 95.8 Å². The van der Waals surface area contributed by atoms with Gasteiger partial charge in [0.05, 0.1) is 16.9 Å². The van der Waals surface area contributed by atoms with Crippen LogP contribution in [0.2, 0.25) is 0 Å². The number of aliphatic hydroxyl groups is 1. The van der Waals surface area contributed by atoms with Crippen molar-refractivity contribution in [2.24, 2.45) is 0 Å². The molecule has 42 heavy (non-hydrogen) atoms. The number of aromatic amines is 1. The summed E-state index contributed by atoms with van der Waals surface area (Å²) in [6, 6.07) is 2.97. The molecule has 236 valence electrons. The van der Waals surface area contributed by atoms with Crippen molar-refractivity contribution >= 4 is 27.6 Å². The van der Waals surface area contributed by atoms with E-state index in [9.17, 15) is 19.8 Å². The number of nitrogens with one attached hydrogen (secondary N) is 2. The summed E-state index contributed by atoms with van der Waals surface area (Å²) >= 11 is 0.908. The van der Waals surface area contributed by atoms with Gasteiger partial charge in [0, 0.05) is 43.8 Å². The number of rotatable bonds is 13. The third-order valence-electron chi connectivity index (χ3n) is 8.60. The minimum Gasteiger partial charge on any atom is -0.506 e. The molecule has 2 aromatic rings. The number of hydrogen-bond donors (Lipinski definition) is 4. The Labute approximate surface area is 253 Å². The van der Waals surface area contributed by atoms with Crippen LogP contribution in [0.25, 0.3) is 10.2 Å². The van der Waals surface area contributed by atoms with Crippen LogP contribution in [0, 0.1) is 0 Å². The number of fused-ring (bicyclic) bond motifs is 1. The summed E-state index contributed by atoms with van der Waals surface area (Å²) in [7, 11) is 0. The summed E-state index contributed by atoms with van der Waals surface area (Å²) in [5.41, 5.74) is 0.397. The summed E-state index contributed by atoms with van der Waals surface area (Å²) in [6.45, 7) is 12.6. The third-order valence-corrected chi connectivity index (χ3v) is 9.53. The summed E-state index contributed by atoms with van der Waals surface area (Å²) < 4.78 is 12.1. The summed E-state index contributed by atoms with van der Waals surface area (Å²) in [6.07, 6.45) is 8.77. The van der Waals surface area contributed by atoms with Crippen LogP contribution in [-0.4, -0.2) is 94.7 Å². The lowest BCUT2D eigenvalue weighted by molar-refractivity contribution is -0.0996. The second-order valence-electron chi connectivity index (χ2n) is 12.8. The lowest BCUT2D eigenvalue weighted by Crippen LogP contribution is -2.55. The van der Waals surface area contributed by atoms with Gasteiger partial charge in [0.15, 0.2) is 0 Å². The Kier molecular flexibility index (Phi) is 11.7. The highest BCUT2D eigenvalue weighted by atomic mass is 32.1. The van der Waals surface area contributed by atoms with Crippen molar-refractivity contribution in [1.82, 2.24) is 20.1 Å². The summed E-state index contributed by atoms with van der Waals surface area (Å²) in [5.74, 6) is -0.0613. The number of phenols is 1. The average Bonchev–Trinajstić information content (AvgIpc) is 3.36. The number of ether oxygens (including phenoxy) is 2. The van der Waals surface area contributed by atoms with Gasteiger partial charge in [-0.25, -0.2) is 4.79 Å². The number of benzene rings is 1. The molecule has 1 aromatic carbocycles. The van der Waals surface area contributed by atoms with Crippen LogP contribution in [0.3, 0.4) is 0 Å². The molecule has 2 aliphatic heterocycles. The van der Waals surface area contributed by atoms with Crippen molar-refractivity contribution in [3.8, 4) is 5.75 Å². The number of carbonyl (C=O) groups excluding carboxylic acids is 1. The van der Waals surface area contributed by atoms with E-state index in [0.717, 1.165) is 76.2 Å². The van der Waals surface area contributed by atoms with E-state index in [2.05, 4.69) is 15.2 Å². The molecule has 1 spiro atoms. The lowest BCUT2D eigenvalue weighted by Gasteiger charge is -2.44. The first kappa shape index (κ1) is 32.7. The van der Waals surface area contributed by atoms with Gasteiger partial charge in [-0.1, -0.05) is 49.5 Å². The molecule has 0 bridgehead atoms. The number of thiazole rings is 1. The van der Waals surface area contributed by atoms with E-state index in [1.165, 1.54) is 38.3 Å². The minimum absolute atomic E-state index is 0.0613. The number of H-pyrrole nitrogens is 1. The maximum Gasteiger partial charge on any atom is 0.410 e. The number of nitrogens with zero attached hydrogens (tertiary/aromatic N) is 2. The Hall–Kier alpha value is -2.18. The molecule has 3 heterocycles. The molecule has 2 saturated heterocycles. The van der Waals surface area contributed by atoms with E-state index in [-0.39, 0.29) is 28.3 Å². The Morgan fingerprint density at radius 1 is 1.14 bits per heavy atom. The van der Waals surface area contributed by atoms with E-state index in [4.69, 9.17) is 9.47 Å². The second-order valence-corrected chi connectivity index (χ2v) is 13.8. The van der Waals surface area contributed by atoms with Crippen LogP contribution >= 0.6 is 11.3 Å². The van der Waals surface area contributed by atoms with E-state index >= 15 is 0 Å². The van der Waals surface area contributed by atoms with E-state index in [0.29, 0.717) is 16.8 Å². The highest BCUT2D eigenvalue weighted by molar-refractivity contribution is 7.16. The van der Waals surface area contributed by atoms with Gasteiger partial charge in [-0.2, -0.15) is 0 Å². The van der Waals surface area contributed by atoms with Gasteiger partial charge in [0.25, 0.3) is 0 Å². The van der Waals surface area contributed by atoms with Gasteiger partial charge in [0.2, 0.25) is 0 Å². The number of aromatic nitrogens is 1. The number of aromatic hydroxyl groups is 1. The molecule has 2 aliphatic rings. The number of morpholine rings is 1. The number of likely N-dealkylation sites (tertiary alicyclic amines) is 1. The van der Waals surface area contributed by atoms with Crippen LogP contribution < -0.4 is 10.2 Å². The van der Waals surface area contributed by atoms with Crippen molar-refractivity contribution in [1.29, 1.82) is 0 Å². The fraction of sp³-hybridized carbons (Fsp3) is 0.742. The molecular weight excluding hydrogens is 556 g/mol. The standard InChI is InChI=1S/C31H50N4O6S/c1-30(2,3)35(29(39)40-21-25(37)23-11-12-24(36)26-27(23)42-28(38)33-26)17-10-8-6-4-5-7-9-16-34-18-13-31(14-19-34)22-32-15-20-41-31/h11-12,25,32,36-37H,4-10,13-22H2,1-3H3,(H,33,38)/t25-/m0/s1. The number of amides is 1. The van der Waals surface area contributed by atoms with Gasteiger partial charge < -0.3 is 39.8 Å². The molecule has 4 N–H and O–H groups in total. The zero-order chi connectivity index (χ0) is 30.2. The largest absolute Gasteiger partial charge is 0.506 e. The molecule has 1 aromatic heterocycles. The second kappa shape index (κ2) is 15.0. The number of hydrogen-bond acceptors (Lipinski definition) is 9. The van der Waals surface area contributed by atoms with Crippen LogP contribution in [0.1, 0.15) is 90.2 Å². The molecule has 0 unspecified atom stereocenters. The fourth-order valence-corrected chi connectivity index (χ4v) is 6.94. The number of carbonyl (C=O) groups is 1. The van der Waals surface area contributed by atoms with Gasteiger partial charge in [-0.15, -0.1) is 0 Å². The first-order chi connectivity index (χ1) is 20.1. The predicted octanol–water partition coefficient (Wildman–Crippen LogP) is 4.75. The number of aliphatic hydroxyl groups excluding tert-OH is 1. The molecule has 4 rings (SSSR count). The first-order valence-electron chi connectivity index (χ1n) is 15.6. The van der Waals surface area contributed by atoms with Crippen molar-refractivity contribution < 1.29 is 24.5 Å². The highest BCUT2D eigenvalue weighted by Gasteiger charge is 2.36. The smallest absolute Gasteiger partial charge is 0.410 e. The average molecular weight is 607 g/mol. The third kappa shape index (κ3) is 8.92. The predicted molar refractivity (Wildman–Crippen MR) is 166 cm³/mol. The zero-order valence-electron chi connectivity index (χ0n) is 25.6. The normalized spacial score (nSPS) is 18.4. The molecule has 0 saturated carbocycles. The van der Waals surface area contributed by atoms with Gasteiger partial charge in [0.1, 0.15) is 24.0 Å². The van der Waals surface area contributed by atoms with E-state index in [1.54, 1.807) is 11.0 Å². The van der Waals surface area contributed by atoms with Crippen molar-refractivity contribution in [2.75, 3.05) is 52.5 Å². The lowest BCUT2D eigenvalue weighted by atomic mass is 9.90. The molecule has 1 atom stereocenters. The Balaban J connectivity index is 1.09. The SMILES string of the molecule is CC(C)(C)N(CCCCCCCCCN1CCC2(CC1)CNCCO2)C(=O)OC[C@H](O)c1ccc(O)c2[nH]c(=O)sc12. The van der Waals surface area contributed by atoms with Gasteiger partial charge >= 0.3 is 11.0 Å². The van der Waals surface area contributed by atoms with Crippen LogP contribution in [0.15, 0.2) is 16.9 Å². The van der Waals surface area contributed by atoms with Gasteiger partial charge in [-0.05, 0) is 59.1 Å². The number of unbranched alkanes of at least 4 members (excludes halogenated alkanes) is 6. The molecule has 10 nitrogen and oxygen atoms in total. The van der Waals surface area contributed by atoms with E-state index in [1.807, 2.05) is 20.8 Å². The molecular formula is C31H50N4O6S. The van der Waals surface area contributed by atoms with Crippen molar-refractivity contribution in [3.63, 3.8) is 0 Å². The monoisotopic (exact) mass is 606 g/mol. The zero-order valence-corrected chi connectivity index (χ0v) is 26.4. The Morgan fingerprint density at radius 3 is 2.50 bits per heavy atom. The Bertz CT molecular complexity index is 1190. The summed E-state index contributed by atoms with van der Waals surface area (Å²) in [5, 5.41) is 24.2. The van der Waals surface area contributed by atoms with Crippen LogP contribution in [0.4, 0.5) is 4.79 Å². The maximum absolute atomic E-state index is 13.0. The van der Waals surface area contributed by atoms with Gasteiger partial charge in [-0.3, -0.25) is 4.79 Å². The Morgan fingerprint density at radius 2 is 1.83 bits per heavy atom. The topological polar surface area (TPSA) is 127 Å². The molecule has 2 fully saturated rings. The summed E-state index contributed by atoms with van der Waals surface area (Å²) in [4.78, 5) is 31.3. The molecule has 1 amide bonds. The highest BCUT2D eigenvalue weighted by Crippen LogP contribution is 2.32. The van der Waals surface area contributed by atoms with E-state index < -0.39 is 17.7 Å². The molecule has 0 aliphatic carbocycles. The fourth-order valence-electron chi connectivity index (χ4n) is 6.02.